The van der Waals surface area contributed by atoms with E-state index in [-0.39, 0.29) is 11.2 Å². The van der Waals surface area contributed by atoms with Gasteiger partial charge in [-0.15, -0.1) is 0 Å². The first-order chi connectivity index (χ1) is 16.6. The summed E-state index contributed by atoms with van der Waals surface area (Å²) in [6, 6.07) is 30.0. The molecule has 1 aromatic heterocycles. The van der Waals surface area contributed by atoms with E-state index in [2.05, 4.69) is 0 Å². The maximum absolute atomic E-state index is 14.3. The topological polar surface area (TPSA) is 56.5 Å². The van der Waals surface area contributed by atoms with Gasteiger partial charge < -0.3 is 9.75 Å². The maximum atomic E-state index is 14.3. The maximum Gasteiger partial charge on any atom is 0.351 e. The third-order valence-corrected chi connectivity index (χ3v) is 6.45. The molecule has 1 aliphatic rings. The minimum Gasteiger partial charge on any atom is -0.378 e. The lowest BCUT2D eigenvalue weighted by Gasteiger charge is -2.39. The summed E-state index contributed by atoms with van der Waals surface area (Å²) in [7, 11) is 0. The molecule has 0 saturated carbocycles. The molecular weight excluding hydrogens is 426 g/mol. The van der Waals surface area contributed by atoms with Crippen LogP contribution < -0.4 is 16.3 Å². The Morgan fingerprint density at radius 3 is 1.59 bits per heavy atom. The van der Waals surface area contributed by atoms with Gasteiger partial charge in [-0.25, -0.2) is 4.79 Å². The highest BCUT2D eigenvalue weighted by molar-refractivity contribution is 5.50. The lowest BCUT2D eigenvalue weighted by Crippen LogP contribution is -2.59. The van der Waals surface area contributed by atoms with Gasteiger partial charge in [-0.2, -0.15) is 4.68 Å². The molecule has 0 bridgehead atoms. The van der Waals surface area contributed by atoms with Crippen molar-refractivity contribution in [2.24, 2.45) is 0 Å². The second-order valence-corrected chi connectivity index (χ2v) is 8.46. The largest absolute Gasteiger partial charge is 0.378 e. The summed E-state index contributed by atoms with van der Waals surface area (Å²) in [5.41, 5.74) is 1.63. The summed E-state index contributed by atoms with van der Waals surface area (Å²) in [5.74, 6) is 0. The van der Waals surface area contributed by atoms with E-state index in [9.17, 15) is 9.59 Å². The fraction of sp³-hybridized carbons (Fsp3) is 0.214. The molecule has 2 heterocycles. The van der Waals surface area contributed by atoms with Crippen LogP contribution in [-0.4, -0.2) is 35.5 Å². The Morgan fingerprint density at radius 2 is 1.15 bits per heavy atom. The monoisotopic (exact) mass is 453 g/mol. The molecule has 6 nitrogen and oxygen atoms in total. The zero-order valence-corrected chi connectivity index (χ0v) is 19.1. The highest BCUT2D eigenvalue weighted by Gasteiger charge is 2.40. The van der Waals surface area contributed by atoms with Gasteiger partial charge in [0.05, 0.1) is 26.3 Å². The zero-order chi connectivity index (χ0) is 23.5. The molecule has 0 aliphatic carbocycles. The summed E-state index contributed by atoms with van der Waals surface area (Å²) in [5, 5.41) is 1.80. The fourth-order valence-corrected chi connectivity index (χ4v) is 4.86. The first-order valence-corrected chi connectivity index (χ1v) is 11.5. The quantitative estimate of drug-likeness (QED) is 0.436. The van der Waals surface area contributed by atoms with Gasteiger partial charge in [0.15, 0.2) is 0 Å². The van der Waals surface area contributed by atoms with Crippen LogP contribution in [0.2, 0.25) is 0 Å². The van der Waals surface area contributed by atoms with Crippen LogP contribution >= 0.6 is 0 Å². The van der Waals surface area contributed by atoms with E-state index in [0.29, 0.717) is 31.9 Å². The van der Waals surface area contributed by atoms with E-state index in [1.54, 1.807) is 22.7 Å². The van der Waals surface area contributed by atoms with Gasteiger partial charge in [0.25, 0.3) is 5.56 Å². The summed E-state index contributed by atoms with van der Waals surface area (Å²) < 4.78 is 8.49. The van der Waals surface area contributed by atoms with Gasteiger partial charge in [-0.3, -0.25) is 9.36 Å². The normalized spacial score (nSPS) is 14.2. The van der Waals surface area contributed by atoms with Crippen molar-refractivity contribution < 1.29 is 4.74 Å². The number of benzene rings is 3. The smallest absolute Gasteiger partial charge is 0.351 e. The molecule has 5 rings (SSSR count). The average Bonchev–Trinajstić information content (AvgIpc) is 2.90. The molecule has 0 amide bonds. The summed E-state index contributed by atoms with van der Waals surface area (Å²) in [4.78, 5) is 27.5. The molecule has 3 aromatic carbocycles. The third-order valence-electron chi connectivity index (χ3n) is 6.45. The van der Waals surface area contributed by atoms with Crippen LogP contribution in [0.3, 0.4) is 0 Å². The van der Waals surface area contributed by atoms with Crippen molar-refractivity contribution in [2.45, 2.75) is 12.5 Å². The zero-order valence-electron chi connectivity index (χ0n) is 19.1. The molecule has 0 N–H and O–H groups in total. The van der Waals surface area contributed by atoms with Gasteiger partial charge in [0.2, 0.25) is 0 Å². The molecule has 0 radical (unpaired) electrons. The molecule has 0 spiro atoms. The Bertz CT molecular complexity index is 1280. The van der Waals surface area contributed by atoms with Crippen LogP contribution in [0.5, 0.6) is 0 Å². The predicted octanol–water partition coefficient (Wildman–Crippen LogP) is 3.13. The van der Waals surface area contributed by atoms with Crippen LogP contribution in [0, 0.1) is 6.92 Å². The summed E-state index contributed by atoms with van der Waals surface area (Å²) in [6.07, 6.45) is 1.70. The molecule has 6 heteroatoms. The number of nitrogens with zero attached hydrogens (tertiary/aromatic N) is 3. The first kappa shape index (κ1) is 21.9. The molecular formula is C28H27N3O3. The first-order valence-electron chi connectivity index (χ1n) is 11.5. The third kappa shape index (κ3) is 3.56. The van der Waals surface area contributed by atoms with Crippen LogP contribution in [0.15, 0.2) is 107 Å². The van der Waals surface area contributed by atoms with Crippen LogP contribution in [0.4, 0.5) is 0 Å². The van der Waals surface area contributed by atoms with E-state index in [1.165, 1.54) is 4.68 Å². The number of morpholine rings is 1. The molecule has 0 atom stereocenters. The molecule has 34 heavy (non-hydrogen) atoms. The Labute approximate surface area is 198 Å². The standard InChI is InChI=1S/C28H27N3O3/c1-22-21-30(27(33)31(26(22)32)29-17-19-34-20-18-29)28(23-11-5-2-6-12-23,24-13-7-3-8-14-24)25-15-9-4-10-16-25/h2-16,21H,17-20H2,1H3. The lowest BCUT2D eigenvalue weighted by atomic mass is 9.76. The predicted molar refractivity (Wildman–Crippen MR) is 133 cm³/mol. The average molecular weight is 454 g/mol. The highest BCUT2D eigenvalue weighted by Crippen LogP contribution is 2.39. The van der Waals surface area contributed by atoms with Crippen LogP contribution in [-0.2, 0) is 10.3 Å². The van der Waals surface area contributed by atoms with E-state index in [1.807, 2.05) is 91.0 Å². The van der Waals surface area contributed by atoms with Gasteiger partial charge in [-0.1, -0.05) is 91.0 Å². The Morgan fingerprint density at radius 1 is 0.706 bits per heavy atom. The van der Waals surface area contributed by atoms with Crippen LogP contribution in [0.25, 0.3) is 0 Å². The minimum absolute atomic E-state index is 0.300. The molecule has 0 unspecified atom stereocenters. The Hall–Kier alpha value is -3.90. The number of ether oxygens (including phenoxy) is 1. The molecule has 172 valence electrons. The van der Waals surface area contributed by atoms with Crippen molar-refractivity contribution in [3.05, 3.63) is 140 Å². The Kier molecular flexibility index (Phi) is 5.90. The van der Waals surface area contributed by atoms with Gasteiger partial charge in [0.1, 0.15) is 5.54 Å². The number of aryl methyl sites for hydroxylation is 1. The van der Waals surface area contributed by atoms with Crippen LogP contribution in [0.1, 0.15) is 22.3 Å². The fourth-order valence-electron chi connectivity index (χ4n) is 4.86. The lowest BCUT2D eigenvalue weighted by molar-refractivity contribution is 0.109. The van der Waals surface area contributed by atoms with E-state index in [0.717, 1.165) is 16.7 Å². The van der Waals surface area contributed by atoms with Crippen molar-refractivity contribution in [1.29, 1.82) is 0 Å². The molecule has 1 aliphatic heterocycles. The number of rotatable bonds is 5. The molecule has 4 aromatic rings. The van der Waals surface area contributed by atoms with Crippen molar-refractivity contribution in [1.82, 2.24) is 9.24 Å². The molecule has 1 fully saturated rings. The van der Waals surface area contributed by atoms with Gasteiger partial charge in [0, 0.05) is 11.8 Å². The highest BCUT2D eigenvalue weighted by atomic mass is 16.5. The summed E-state index contributed by atoms with van der Waals surface area (Å²) >= 11 is 0. The number of hydrogen-bond acceptors (Lipinski definition) is 4. The SMILES string of the molecule is Cc1cn(C(c2ccccc2)(c2ccccc2)c2ccccc2)c(=O)n(N2CCOCC2)c1=O. The molecule has 1 saturated heterocycles. The second kappa shape index (κ2) is 9.15. The van der Waals surface area contributed by atoms with E-state index >= 15 is 0 Å². The van der Waals surface area contributed by atoms with Crippen molar-refractivity contribution in [3.63, 3.8) is 0 Å². The second-order valence-electron chi connectivity index (χ2n) is 8.46. The van der Waals surface area contributed by atoms with Crippen molar-refractivity contribution in [3.8, 4) is 0 Å². The number of aromatic nitrogens is 2. The number of hydrogen-bond donors (Lipinski definition) is 0. The van der Waals surface area contributed by atoms with E-state index in [4.69, 9.17) is 4.74 Å². The van der Waals surface area contributed by atoms with Gasteiger partial charge in [-0.05, 0) is 23.6 Å². The minimum atomic E-state index is -0.979. The van der Waals surface area contributed by atoms with Crippen molar-refractivity contribution in [2.75, 3.05) is 31.3 Å². The summed E-state index contributed by atoms with van der Waals surface area (Å²) in [6.45, 7) is 3.67. The van der Waals surface area contributed by atoms with Crippen molar-refractivity contribution >= 4 is 0 Å². The Balaban J connectivity index is 1.92. The van der Waals surface area contributed by atoms with Gasteiger partial charge >= 0.3 is 5.69 Å². The van der Waals surface area contributed by atoms with E-state index < -0.39 is 5.54 Å².